The van der Waals surface area contributed by atoms with E-state index in [2.05, 4.69) is 9.10 Å². The zero-order valence-corrected chi connectivity index (χ0v) is 13.5. The minimum Gasteiger partial charge on any atom is -0.497 e. The van der Waals surface area contributed by atoms with Crippen molar-refractivity contribution in [2.24, 2.45) is 0 Å². The van der Waals surface area contributed by atoms with Crippen molar-refractivity contribution in [1.29, 1.82) is 5.39 Å². The van der Waals surface area contributed by atoms with Gasteiger partial charge in [-0.05, 0) is 24.3 Å². The molecule has 1 aliphatic rings. The van der Waals surface area contributed by atoms with Crippen LogP contribution in [0.25, 0.3) is 9.10 Å². The molecule has 0 radical (unpaired) electrons. The molecule has 0 saturated heterocycles. The second kappa shape index (κ2) is 6.33. The van der Waals surface area contributed by atoms with Gasteiger partial charge in [-0.25, -0.2) is 16.8 Å². The number of ether oxygens (including phenoxy) is 1. The summed E-state index contributed by atoms with van der Waals surface area (Å²) in [5.41, 5.74) is 0.529. The fraction of sp³-hybridized carbons (Fsp3) is 0.0769. The van der Waals surface area contributed by atoms with Crippen LogP contribution < -0.4 is 4.74 Å². The highest BCUT2D eigenvalue weighted by atomic mass is 32.3. The van der Waals surface area contributed by atoms with E-state index in [4.69, 9.17) is 10.1 Å². The minimum absolute atomic E-state index is 0.241. The maximum atomic E-state index is 11.1. The van der Waals surface area contributed by atoms with Crippen LogP contribution in [0.15, 0.2) is 58.3 Å². The van der Waals surface area contributed by atoms with E-state index in [1.54, 1.807) is 31.4 Å². The van der Waals surface area contributed by atoms with Crippen LogP contribution in [0.1, 0.15) is 0 Å². The summed E-state index contributed by atoms with van der Waals surface area (Å²) in [4.78, 5) is 2.51. The van der Waals surface area contributed by atoms with Crippen LogP contribution >= 0.6 is 0 Å². The quantitative estimate of drug-likeness (QED) is 0.727. The van der Waals surface area contributed by atoms with E-state index in [1.807, 2.05) is 0 Å². The lowest BCUT2D eigenvalue weighted by molar-refractivity contribution is 0.415. The van der Waals surface area contributed by atoms with Gasteiger partial charge in [0.05, 0.1) is 16.9 Å². The summed E-state index contributed by atoms with van der Waals surface area (Å²) in [5.74, 6) is 0.757. The van der Waals surface area contributed by atoms with Crippen LogP contribution in [0.2, 0.25) is 0 Å². The molecule has 0 aromatic heterocycles. The van der Waals surface area contributed by atoms with Crippen LogP contribution in [0.4, 0.5) is 5.69 Å². The standard InChI is InChI=1S/C7H7N2O.C6H4NO4S2/c1-10-7-4-2-6(9-8)3-5-7;8-12(9)5-3-1-2-4-6(5)13(10,11)7-12/h2-5H,1H3;1-4H/q+1;-1. The molecule has 0 aliphatic carbocycles. The number of sulfonamides is 2. The molecule has 0 fully saturated rings. The summed E-state index contributed by atoms with van der Waals surface area (Å²) in [5, 5.41) is 8.29. The largest absolute Gasteiger partial charge is 0.497 e. The Morgan fingerprint density at radius 3 is 1.78 bits per heavy atom. The third-order valence-electron chi connectivity index (χ3n) is 2.79. The summed E-state index contributed by atoms with van der Waals surface area (Å²) in [6.45, 7) is 0. The van der Waals surface area contributed by atoms with E-state index in [-0.39, 0.29) is 9.79 Å². The van der Waals surface area contributed by atoms with E-state index in [1.165, 1.54) is 24.3 Å². The van der Waals surface area contributed by atoms with Crippen LogP contribution in [-0.2, 0) is 20.0 Å². The van der Waals surface area contributed by atoms with Gasteiger partial charge in [0.15, 0.2) is 4.98 Å². The topological polar surface area (TPSA) is 120 Å². The first-order chi connectivity index (χ1) is 10.8. The molecular weight excluding hydrogens is 342 g/mol. The van der Waals surface area contributed by atoms with E-state index < -0.39 is 20.0 Å². The molecule has 23 heavy (non-hydrogen) atoms. The van der Waals surface area contributed by atoms with Crippen molar-refractivity contribution >= 4 is 25.7 Å². The molecule has 1 aliphatic heterocycles. The number of benzene rings is 2. The number of nitrogens with zero attached hydrogens (tertiary/aromatic N) is 3. The van der Waals surface area contributed by atoms with Gasteiger partial charge < -0.3 is 8.86 Å². The van der Waals surface area contributed by atoms with Crippen molar-refractivity contribution in [3.05, 3.63) is 57.6 Å². The van der Waals surface area contributed by atoms with Crippen molar-refractivity contribution in [1.82, 2.24) is 0 Å². The van der Waals surface area contributed by atoms with E-state index in [9.17, 15) is 16.8 Å². The first-order valence-corrected chi connectivity index (χ1v) is 9.00. The fourth-order valence-electron chi connectivity index (χ4n) is 1.73. The van der Waals surface area contributed by atoms with E-state index in [0.717, 1.165) is 5.75 Å². The molecule has 0 spiro atoms. The molecule has 8 nitrogen and oxygen atoms in total. The summed E-state index contributed by atoms with van der Waals surface area (Å²) >= 11 is 0. The van der Waals surface area contributed by atoms with Crippen LogP contribution in [-0.4, -0.2) is 23.9 Å². The van der Waals surface area contributed by atoms with Crippen LogP contribution in [0.5, 0.6) is 5.75 Å². The van der Waals surface area contributed by atoms with Gasteiger partial charge in [-0.3, -0.25) is 0 Å². The normalized spacial score (nSPS) is 16.3. The lowest BCUT2D eigenvalue weighted by Crippen LogP contribution is -1.92. The SMILES string of the molecule is COc1ccc([N+]#N)cc1.O=S1(=O)[N-]S(=O)(=O)c2ccccc21. The second-order valence-electron chi connectivity index (χ2n) is 4.27. The van der Waals surface area contributed by atoms with Crippen LogP contribution in [0.3, 0.4) is 0 Å². The van der Waals surface area contributed by atoms with Gasteiger partial charge in [0, 0.05) is 12.1 Å². The Kier molecular flexibility index (Phi) is 4.65. The zero-order valence-electron chi connectivity index (χ0n) is 11.8. The molecule has 0 amide bonds. The Bertz CT molecular complexity index is 910. The van der Waals surface area contributed by atoms with Gasteiger partial charge in [-0.1, -0.05) is 12.1 Å². The highest BCUT2D eigenvalue weighted by Crippen LogP contribution is 2.37. The second-order valence-corrected chi connectivity index (χ2v) is 7.65. The van der Waals surface area contributed by atoms with Crippen molar-refractivity contribution in [3.8, 4) is 5.75 Å². The first-order valence-electron chi connectivity index (χ1n) is 6.12. The molecule has 0 saturated carbocycles. The predicted molar refractivity (Wildman–Crippen MR) is 81.9 cm³/mol. The molecule has 0 atom stereocenters. The molecular formula is C13H11N3O5S2. The number of hydrogen-bond acceptors (Lipinski definition) is 6. The molecule has 0 bridgehead atoms. The smallest absolute Gasteiger partial charge is 0.385 e. The highest BCUT2D eigenvalue weighted by Gasteiger charge is 2.26. The number of methoxy groups -OCH3 is 1. The monoisotopic (exact) mass is 353 g/mol. The van der Waals surface area contributed by atoms with Gasteiger partial charge >= 0.3 is 5.69 Å². The molecule has 120 valence electrons. The van der Waals surface area contributed by atoms with Crippen LogP contribution in [0, 0.1) is 5.39 Å². The fourth-order valence-corrected chi connectivity index (χ4v) is 5.19. The molecule has 2 aromatic rings. The molecule has 10 heteroatoms. The van der Waals surface area contributed by atoms with E-state index in [0.29, 0.717) is 5.69 Å². The number of rotatable bonds is 1. The summed E-state index contributed by atoms with van der Waals surface area (Å²) < 4.78 is 52.1. The molecule has 2 aromatic carbocycles. The first kappa shape index (κ1) is 16.9. The van der Waals surface area contributed by atoms with Gasteiger partial charge in [-0.2, -0.15) is 0 Å². The predicted octanol–water partition coefficient (Wildman–Crippen LogP) is 2.63. The number of hydrogen-bond donors (Lipinski definition) is 0. The van der Waals surface area contributed by atoms with Crippen molar-refractivity contribution in [3.63, 3.8) is 0 Å². The molecule has 1 heterocycles. The van der Waals surface area contributed by atoms with Crippen molar-refractivity contribution in [2.75, 3.05) is 7.11 Å². The summed E-state index contributed by atoms with van der Waals surface area (Å²) in [7, 11) is -6.36. The third kappa shape index (κ3) is 3.65. The van der Waals surface area contributed by atoms with Crippen molar-refractivity contribution < 1.29 is 21.6 Å². The van der Waals surface area contributed by atoms with E-state index >= 15 is 0 Å². The Morgan fingerprint density at radius 2 is 1.39 bits per heavy atom. The van der Waals surface area contributed by atoms with Gasteiger partial charge in [0.2, 0.25) is 5.39 Å². The number of diazo groups is 1. The molecule has 0 unspecified atom stereocenters. The molecule has 0 N–H and O–H groups in total. The lowest BCUT2D eigenvalue weighted by atomic mass is 10.3. The van der Waals surface area contributed by atoms with Gasteiger partial charge in [-0.15, -0.1) is 0 Å². The Hall–Kier alpha value is -2.48. The van der Waals surface area contributed by atoms with Crippen molar-refractivity contribution in [2.45, 2.75) is 9.79 Å². The maximum Gasteiger partial charge on any atom is 0.385 e. The zero-order chi connectivity index (χ0) is 17.1. The summed E-state index contributed by atoms with van der Waals surface area (Å²) in [6, 6.07) is 12.1. The summed E-state index contributed by atoms with van der Waals surface area (Å²) in [6.07, 6.45) is 0. The minimum atomic E-state index is -3.98. The Morgan fingerprint density at radius 1 is 0.913 bits per heavy atom. The third-order valence-corrected chi connectivity index (χ3v) is 6.31. The average molecular weight is 353 g/mol. The maximum absolute atomic E-state index is 11.1. The van der Waals surface area contributed by atoms with Gasteiger partial charge in [0.1, 0.15) is 25.8 Å². The average Bonchev–Trinajstić information content (AvgIpc) is 2.73. The Balaban J connectivity index is 0.000000174. The molecule has 3 rings (SSSR count). The number of fused-ring (bicyclic) bond motifs is 1. The highest BCUT2D eigenvalue weighted by molar-refractivity contribution is 8.14. The lowest BCUT2D eigenvalue weighted by Gasteiger charge is -2.05. The van der Waals surface area contributed by atoms with Gasteiger partial charge in [0.25, 0.3) is 0 Å². The Labute approximate surface area is 133 Å².